The molecule has 2 heterocycles. The second-order valence-corrected chi connectivity index (χ2v) is 7.01. The quantitative estimate of drug-likeness (QED) is 0.392. The molecule has 0 saturated carbocycles. The molecule has 3 aromatic carbocycles. The van der Waals surface area contributed by atoms with Gasteiger partial charge in [-0.2, -0.15) is 0 Å². The Bertz CT molecular complexity index is 1320. The van der Waals surface area contributed by atoms with Crippen LogP contribution in [0.5, 0.6) is 0 Å². The van der Waals surface area contributed by atoms with Crippen LogP contribution in [0.3, 0.4) is 0 Å². The van der Waals surface area contributed by atoms with Gasteiger partial charge in [-0.25, -0.2) is 4.98 Å². The Kier molecular flexibility index (Phi) is 3.80. The van der Waals surface area contributed by atoms with E-state index in [9.17, 15) is 0 Å². The molecule has 0 bridgehead atoms. The summed E-state index contributed by atoms with van der Waals surface area (Å²) in [6.07, 6.45) is 1.82. The van der Waals surface area contributed by atoms with E-state index in [2.05, 4.69) is 89.7 Å². The maximum Gasteiger partial charge on any atom is 0.150 e. The molecule has 0 atom stereocenters. The highest BCUT2D eigenvalue weighted by Gasteiger charge is 2.15. The van der Waals surface area contributed by atoms with E-state index in [1.807, 2.05) is 12.3 Å². The lowest BCUT2D eigenvalue weighted by Crippen LogP contribution is -1.97. The first-order chi connectivity index (χ1) is 13.7. The van der Waals surface area contributed by atoms with Gasteiger partial charge in [-0.05, 0) is 46.9 Å². The van der Waals surface area contributed by atoms with Crippen LogP contribution in [0.15, 0.2) is 85.1 Å². The Morgan fingerprint density at radius 3 is 2.32 bits per heavy atom. The van der Waals surface area contributed by atoms with Crippen LogP contribution in [0.2, 0.25) is 0 Å². The van der Waals surface area contributed by atoms with Crippen LogP contribution in [0.1, 0.15) is 5.56 Å². The van der Waals surface area contributed by atoms with Crippen molar-refractivity contribution in [1.29, 1.82) is 0 Å². The molecule has 0 fully saturated rings. The van der Waals surface area contributed by atoms with Crippen LogP contribution in [0.4, 0.5) is 5.82 Å². The maximum absolute atomic E-state index is 6.29. The minimum absolute atomic E-state index is 0.465. The number of hydrogen-bond donors (Lipinski definition) is 1. The highest BCUT2D eigenvalue weighted by atomic mass is 14.9. The number of anilines is 1. The molecule has 0 radical (unpaired) electrons. The summed E-state index contributed by atoms with van der Waals surface area (Å²) in [6, 6.07) is 27.3. The zero-order valence-electron chi connectivity index (χ0n) is 15.6. The van der Waals surface area contributed by atoms with E-state index in [-0.39, 0.29) is 0 Å². The van der Waals surface area contributed by atoms with Gasteiger partial charge < -0.3 is 5.73 Å². The molecule has 2 aromatic heterocycles. The smallest absolute Gasteiger partial charge is 0.150 e. The summed E-state index contributed by atoms with van der Waals surface area (Å²) in [4.78, 5) is 9.15. The number of fused-ring (bicyclic) bond motifs is 3. The molecule has 3 nitrogen and oxygen atoms in total. The van der Waals surface area contributed by atoms with Crippen LogP contribution in [0, 0.1) is 6.92 Å². The first-order valence-electron chi connectivity index (χ1n) is 9.32. The summed E-state index contributed by atoms with van der Waals surface area (Å²) in [5.41, 5.74) is 13.8. The summed E-state index contributed by atoms with van der Waals surface area (Å²) >= 11 is 0. The third-order valence-corrected chi connectivity index (χ3v) is 5.16. The topological polar surface area (TPSA) is 51.8 Å². The van der Waals surface area contributed by atoms with Crippen LogP contribution in [0.25, 0.3) is 44.1 Å². The van der Waals surface area contributed by atoms with E-state index in [1.54, 1.807) is 0 Å². The summed E-state index contributed by atoms with van der Waals surface area (Å²) in [7, 11) is 0. The molecule has 2 N–H and O–H groups in total. The van der Waals surface area contributed by atoms with Gasteiger partial charge in [0.15, 0.2) is 5.82 Å². The van der Waals surface area contributed by atoms with Crippen molar-refractivity contribution in [3.63, 3.8) is 0 Å². The van der Waals surface area contributed by atoms with Crippen molar-refractivity contribution in [2.45, 2.75) is 6.92 Å². The first-order valence-corrected chi connectivity index (χ1v) is 9.32. The molecule has 0 aliphatic heterocycles. The zero-order valence-corrected chi connectivity index (χ0v) is 15.6. The van der Waals surface area contributed by atoms with Gasteiger partial charge in [0, 0.05) is 17.0 Å². The van der Waals surface area contributed by atoms with Gasteiger partial charge in [-0.3, -0.25) is 4.98 Å². The lowest BCUT2D eigenvalue weighted by Gasteiger charge is -2.15. The van der Waals surface area contributed by atoms with Gasteiger partial charge in [-0.1, -0.05) is 66.7 Å². The maximum atomic E-state index is 6.29. The fourth-order valence-electron chi connectivity index (χ4n) is 3.87. The van der Waals surface area contributed by atoms with E-state index >= 15 is 0 Å². The van der Waals surface area contributed by atoms with Gasteiger partial charge in [0.1, 0.15) is 5.52 Å². The monoisotopic (exact) mass is 361 g/mol. The van der Waals surface area contributed by atoms with Crippen LogP contribution >= 0.6 is 0 Å². The second-order valence-electron chi connectivity index (χ2n) is 7.01. The number of nitrogens with zero attached hydrogens (tertiary/aromatic N) is 2. The van der Waals surface area contributed by atoms with Crippen LogP contribution in [-0.4, -0.2) is 9.97 Å². The zero-order chi connectivity index (χ0) is 19.1. The lowest BCUT2D eigenvalue weighted by atomic mass is 9.91. The van der Waals surface area contributed by atoms with Gasteiger partial charge >= 0.3 is 0 Å². The SMILES string of the molecule is Cc1ccc2c(c1)nc(N)c1nccc(-c3ccccc3-c3ccccc3)c12. The van der Waals surface area contributed by atoms with Crippen molar-refractivity contribution in [2.75, 3.05) is 5.73 Å². The molecule has 0 aliphatic carbocycles. The average Bonchev–Trinajstić information content (AvgIpc) is 2.74. The summed E-state index contributed by atoms with van der Waals surface area (Å²) in [6.45, 7) is 2.07. The molecular formula is C25H19N3. The van der Waals surface area contributed by atoms with Gasteiger partial charge in [-0.15, -0.1) is 0 Å². The number of hydrogen-bond acceptors (Lipinski definition) is 3. The molecule has 5 aromatic rings. The van der Waals surface area contributed by atoms with Crippen LogP contribution < -0.4 is 5.73 Å². The van der Waals surface area contributed by atoms with Crippen LogP contribution in [-0.2, 0) is 0 Å². The number of nitrogens with two attached hydrogens (primary N) is 1. The number of aromatic nitrogens is 2. The normalized spacial score (nSPS) is 11.2. The third-order valence-electron chi connectivity index (χ3n) is 5.16. The Hall–Kier alpha value is -3.72. The van der Waals surface area contributed by atoms with E-state index in [0.29, 0.717) is 5.82 Å². The number of benzene rings is 3. The largest absolute Gasteiger partial charge is 0.382 e. The number of pyridine rings is 2. The fraction of sp³-hybridized carbons (Fsp3) is 0.0400. The number of nitrogen functional groups attached to an aromatic ring is 1. The average molecular weight is 361 g/mol. The molecule has 0 saturated heterocycles. The molecule has 5 rings (SSSR count). The predicted octanol–water partition coefficient (Wildman–Crippen LogP) is 6.01. The Balaban J connectivity index is 1.91. The summed E-state index contributed by atoms with van der Waals surface area (Å²) in [5.74, 6) is 0.465. The third kappa shape index (κ3) is 2.60. The van der Waals surface area contributed by atoms with E-state index < -0.39 is 0 Å². The molecule has 0 spiro atoms. The minimum Gasteiger partial charge on any atom is -0.382 e. The molecule has 3 heteroatoms. The molecule has 134 valence electrons. The van der Waals surface area contributed by atoms with Crippen molar-refractivity contribution in [1.82, 2.24) is 9.97 Å². The Morgan fingerprint density at radius 2 is 1.50 bits per heavy atom. The molecule has 0 unspecified atom stereocenters. The lowest BCUT2D eigenvalue weighted by molar-refractivity contribution is 1.35. The van der Waals surface area contributed by atoms with Crippen molar-refractivity contribution < 1.29 is 0 Å². The molecule has 0 amide bonds. The van der Waals surface area contributed by atoms with Crippen molar-refractivity contribution in [3.05, 3.63) is 90.6 Å². The highest BCUT2D eigenvalue weighted by molar-refractivity contribution is 6.15. The van der Waals surface area contributed by atoms with Gasteiger partial charge in [0.25, 0.3) is 0 Å². The fourth-order valence-corrected chi connectivity index (χ4v) is 3.87. The first kappa shape index (κ1) is 16.5. The Labute approximate surface area is 163 Å². The highest BCUT2D eigenvalue weighted by Crippen LogP contribution is 2.39. The van der Waals surface area contributed by atoms with Gasteiger partial charge in [0.2, 0.25) is 0 Å². The molecule has 28 heavy (non-hydrogen) atoms. The minimum atomic E-state index is 0.465. The second kappa shape index (κ2) is 6.46. The van der Waals surface area contributed by atoms with E-state index in [0.717, 1.165) is 38.5 Å². The van der Waals surface area contributed by atoms with Gasteiger partial charge in [0.05, 0.1) is 5.52 Å². The van der Waals surface area contributed by atoms with E-state index in [4.69, 9.17) is 5.73 Å². The molecular weight excluding hydrogens is 342 g/mol. The molecule has 0 aliphatic rings. The number of aryl methyl sites for hydroxylation is 1. The summed E-state index contributed by atoms with van der Waals surface area (Å²) in [5, 5.41) is 2.12. The van der Waals surface area contributed by atoms with E-state index in [1.165, 1.54) is 11.1 Å². The number of rotatable bonds is 2. The predicted molar refractivity (Wildman–Crippen MR) is 117 cm³/mol. The standard InChI is InChI=1S/C25H19N3/c1-16-11-12-21-22(15-16)28-25(26)24-23(21)20(13-14-27-24)19-10-6-5-9-18(19)17-7-3-2-4-8-17/h2-15H,1H3,(H2,26,28). The summed E-state index contributed by atoms with van der Waals surface area (Å²) < 4.78 is 0. The van der Waals surface area contributed by atoms with Crippen molar-refractivity contribution in [3.8, 4) is 22.3 Å². The van der Waals surface area contributed by atoms with Crippen molar-refractivity contribution >= 4 is 27.6 Å². The Morgan fingerprint density at radius 1 is 0.750 bits per heavy atom. The van der Waals surface area contributed by atoms with Crippen molar-refractivity contribution in [2.24, 2.45) is 0 Å².